The third kappa shape index (κ3) is 7.29. The molecule has 0 saturated carbocycles. The summed E-state index contributed by atoms with van der Waals surface area (Å²) in [5.41, 5.74) is 0. The highest BCUT2D eigenvalue weighted by Gasteiger charge is 2.32. The zero-order valence-electron chi connectivity index (χ0n) is 5.25. The summed E-state index contributed by atoms with van der Waals surface area (Å²) < 4.78 is 4.16. The Hall–Kier alpha value is 0.927. The fourth-order valence-corrected chi connectivity index (χ4v) is 0.981. The molecule has 1 atom stereocenters. The smallest absolute Gasteiger partial charge is 0.368 e. The van der Waals surface area contributed by atoms with Gasteiger partial charge >= 0.3 is 9.05 Å². The van der Waals surface area contributed by atoms with E-state index in [1.165, 1.54) is 0 Å². The standard InChI is InChI=1S/C3H7Cl3O4Si/c4-2(3(5)6)1-10-11(7,8)9/h2-3,7-9H,1H2. The second kappa shape index (κ2) is 4.83. The maximum atomic E-state index is 8.33. The molecule has 3 N–H and O–H groups in total. The van der Waals surface area contributed by atoms with Gasteiger partial charge in [-0.25, -0.2) is 0 Å². The monoisotopic (exact) mass is 240 g/mol. The Balaban J connectivity index is 3.54. The van der Waals surface area contributed by atoms with Crippen LogP contribution in [0.2, 0.25) is 0 Å². The van der Waals surface area contributed by atoms with Crippen LogP contribution in [-0.2, 0) is 4.43 Å². The normalized spacial score (nSPS) is 15.5. The number of alkyl halides is 3. The van der Waals surface area contributed by atoms with E-state index in [0.717, 1.165) is 0 Å². The summed E-state index contributed by atoms with van der Waals surface area (Å²) in [5, 5.41) is -0.781. The lowest BCUT2D eigenvalue weighted by Crippen LogP contribution is -2.41. The molecular formula is C3H7Cl3O4Si. The van der Waals surface area contributed by atoms with Crippen molar-refractivity contribution in [3.05, 3.63) is 0 Å². The summed E-state index contributed by atoms with van der Waals surface area (Å²) in [6.45, 7) is -0.311. The minimum absolute atomic E-state index is 0.311. The average Bonchev–Trinajstić information content (AvgIpc) is 1.80. The molecule has 0 aliphatic heterocycles. The first kappa shape index (κ1) is 11.9. The fraction of sp³-hybridized carbons (Fsp3) is 1.00. The van der Waals surface area contributed by atoms with E-state index in [1.807, 2.05) is 0 Å². The summed E-state index contributed by atoms with van der Waals surface area (Å²) in [6.07, 6.45) is 0. The molecule has 4 nitrogen and oxygen atoms in total. The second-order valence-corrected chi connectivity index (χ2v) is 4.90. The summed E-state index contributed by atoms with van der Waals surface area (Å²) in [7, 11) is -4.47. The molecule has 0 aliphatic carbocycles. The van der Waals surface area contributed by atoms with Crippen molar-refractivity contribution in [3.63, 3.8) is 0 Å². The predicted molar refractivity (Wildman–Crippen MR) is 43.5 cm³/mol. The first-order valence-electron chi connectivity index (χ1n) is 2.56. The van der Waals surface area contributed by atoms with E-state index < -0.39 is 19.3 Å². The zero-order chi connectivity index (χ0) is 9.07. The molecule has 0 saturated heterocycles. The molecule has 68 valence electrons. The van der Waals surface area contributed by atoms with Gasteiger partial charge in [-0.2, -0.15) is 0 Å². The van der Waals surface area contributed by atoms with E-state index in [9.17, 15) is 0 Å². The minimum atomic E-state index is -4.47. The van der Waals surface area contributed by atoms with Crippen LogP contribution < -0.4 is 0 Å². The van der Waals surface area contributed by atoms with Gasteiger partial charge in [-0.3, -0.25) is 0 Å². The van der Waals surface area contributed by atoms with Gasteiger partial charge in [-0.05, 0) is 0 Å². The Bertz CT molecular complexity index is 116. The van der Waals surface area contributed by atoms with Gasteiger partial charge in [-0.15, -0.1) is 34.8 Å². The first-order chi connectivity index (χ1) is 4.83. The number of halogens is 3. The van der Waals surface area contributed by atoms with Crippen LogP contribution in [0.3, 0.4) is 0 Å². The highest BCUT2D eigenvalue weighted by Crippen LogP contribution is 2.14. The molecule has 8 heteroatoms. The molecule has 0 aliphatic rings. The van der Waals surface area contributed by atoms with Crippen molar-refractivity contribution >= 4 is 43.9 Å². The predicted octanol–water partition coefficient (Wildman–Crippen LogP) is -0.173. The molecule has 0 rings (SSSR count). The highest BCUT2D eigenvalue weighted by molar-refractivity contribution is 6.49. The quantitative estimate of drug-likeness (QED) is 0.472. The molecule has 0 fully saturated rings. The van der Waals surface area contributed by atoms with Crippen molar-refractivity contribution in [3.8, 4) is 0 Å². The van der Waals surface area contributed by atoms with Crippen LogP contribution in [-0.4, -0.2) is 40.3 Å². The van der Waals surface area contributed by atoms with Crippen molar-refractivity contribution in [2.75, 3.05) is 6.61 Å². The maximum absolute atomic E-state index is 8.33. The largest absolute Gasteiger partial charge is 0.671 e. The van der Waals surface area contributed by atoms with Crippen molar-refractivity contribution in [2.24, 2.45) is 0 Å². The Morgan fingerprint density at radius 1 is 1.18 bits per heavy atom. The van der Waals surface area contributed by atoms with Crippen LogP contribution >= 0.6 is 34.8 Å². The van der Waals surface area contributed by atoms with Crippen molar-refractivity contribution in [2.45, 2.75) is 10.2 Å². The number of hydrogen-bond donors (Lipinski definition) is 3. The molecule has 0 aromatic heterocycles. The van der Waals surface area contributed by atoms with Gasteiger partial charge in [-0.1, -0.05) is 0 Å². The molecule has 1 unspecified atom stereocenters. The molecular weight excluding hydrogens is 234 g/mol. The van der Waals surface area contributed by atoms with Crippen LogP contribution in [0.25, 0.3) is 0 Å². The Kier molecular flexibility index (Phi) is 5.24. The van der Waals surface area contributed by atoms with Gasteiger partial charge in [0.25, 0.3) is 0 Å². The van der Waals surface area contributed by atoms with Gasteiger partial charge in [0.2, 0.25) is 0 Å². The summed E-state index contributed by atoms with van der Waals surface area (Å²) in [5.74, 6) is 0. The maximum Gasteiger partial charge on any atom is 0.671 e. The molecule has 0 bridgehead atoms. The summed E-state index contributed by atoms with van der Waals surface area (Å²) in [4.78, 5) is 24.1. The molecule has 0 radical (unpaired) electrons. The van der Waals surface area contributed by atoms with E-state index in [0.29, 0.717) is 0 Å². The molecule has 0 amide bonds. The summed E-state index contributed by atoms with van der Waals surface area (Å²) in [6, 6.07) is 0. The van der Waals surface area contributed by atoms with E-state index in [1.54, 1.807) is 0 Å². The molecule has 0 spiro atoms. The Labute approximate surface area is 79.7 Å². The Morgan fingerprint density at radius 2 is 1.64 bits per heavy atom. The van der Waals surface area contributed by atoms with E-state index in [-0.39, 0.29) is 6.61 Å². The lowest BCUT2D eigenvalue weighted by Gasteiger charge is -2.13. The lowest BCUT2D eigenvalue weighted by molar-refractivity contribution is 0.0641. The average molecular weight is 242 g/mol. The molecule has 0 heterocycles. The fourth-order valence-electron chi connectivity index (χ4n) is 0.264. The van der Waals surface area contributed by atoms with Gasteiger partial charge in [0, 0.05) is 0 Å². The lowest BCUT2D eigenvalue weighted by atomic mass is 10.5. The molecule has 0 aromatic rings. The number of rotatable bonds is 4. The first-order valence-corrected chi connectivity index (χ1v) is 5.62. The number of hydrogen-bond acceptors (Lipinski definition) is 4. The topological polar surface area (TPSA) is 69.9 Å². The van der Waals surface area contributed by atoms with Gasteiger partial charge in [0.05, 0.1) is 12.0 Å². The minimum Gasteiger partial charge on any atom is -0.368 e. The SMILES string of the molecule is O[Si](O)(O)OCC(Cl)C(Cl)Cl. The van der Waals surface area contributed by atoms with Crippen LogP contribution in [0, 0.1) is 0 Å². The van der Waals surface area contributed by atoms with Gasteiger partial charge in [0.15, 0.2) is 0 Å². The molecule has 11 heavy (non-hydrogen) atoms. The zero-order valence-corrected chi connectivity index (χ0v) is 8.51. The van der Waals surface area contributed by atoms with E-state index in [4.69, 9.17) is 49.2 Å². The third-order valence-electron chi connectivity index (χ3n) is 0.710. The van der Waals surface area contributed by atoms with Gasteiger partial charge in [0.1, 0.15) is 4.84 Å². The van der Waals surface area contributed by atoms with E-state index >= 15 is 0 Å². The van der Waals surface area contributed by atoms with Crippen molar-refractivity contribution < 1.29 is 18.8 Å². The highest BCUT2D eigenvalue weighted by atomic mass is 35.5. The van der Waals surface area contributed by atoms with Crippen LogP contribution in [0.5, 0.6) is 0 Å². The van der Waals surface area contributed by atoms with Crippen molar-refractivity contribution in [1.82, 2.24) is 0 Å². The third-order valence-corrected chi connectivity index (χ3v) is 2.51. The second-order valence-electron chi connectivity index (χ2n) is 1.74. The van der Waals surface area contributed by atoms with Crippen LogP contribution in [0.15, 0.2) is 0 Å². The van der Waals surface area contributed by atoms with Crippen LogP contribution in [0.1, 0.15) is 0 Å². The van der Waals surface area contributed by atoms with Crippen molar-refractivity contribution in [1.29, 1.82) is 0 Å². The van der Waals surface area contributed by atoms with Gasteiger partial charge < -0.3 is 18.8 Å². The molecule has 0 aromatic carbocycles. The van der Waals surface area contributed by atoms with Crippen LogP contribution in [0.4, 0.5) is 0 Å². The summed E-state index contributed by atoms with van der Waals surface area (Å²) >= 11 is 16.0. The van der Waals surface area contributed by atoms with E-state index in [2.05, 4.69) is 4.43 Å². The Morgan fingerprint density at radius 3 is 1.91 bits per heavy atom.